The Balaban J connectivity index is 2.29. The molecule has 1 rings (SSSR count). The Morgan fingerprint density at radius 2 is 2.19 bits per heavy atom. The number of aliphatic hydroxyl groups is 1. The summed E-state index contributed by atoms with van der Waals surface area (Å²) in [6.07, 6.45) is 3.79. The normalized spacial score (nSPS) is 29.8. The maximum absolute atomic E-state index is 9.02. The van der Waals surface area contributed by atoms with Gasteiger partial charge in [-0.2, -0.15) is 0 Å². The zero-order valence-electron chi connectivity index (χ0n) is 11.1. The first kappa shape index (κ1) is 13.9. The second-order valence-corrected chi connectivity index (χ2v) is 5.57. The summed E-state index contributed by atoms with van der Waals surface area (Å²) in [6.45, 7) is 9.77. The van der Waals surface area contributed by atoms with Crippen molar-refractivity contribution in [3.63, 3.8) is 0 Å². The Kier molecular flexibility index (Phi) is 5.22. The molecule has 1 aliphatic carbocycles. The van der Waals surface area contributed by atoms with Gasteiger partial charge in [0, 0.05) is 24.1 Å². The van der Waals surface area contributed by atoms with E-state index in [1.807, 2.05) is 6.92 Å². The van der Waals surface area contributed by atoms with Crippen molar-refractivity contribution in [2.45, 2.75) is 65.1 Å². The van der Waals surface area contributed by atoms with Crippen LogP contribution >= 0.6 is 0 Å². The lowest BCUT2D eigenvalue weighted by Gasteiger charge is -2.52. The van der Waals surface area contributed by atoms with Gasteiger partial charge in [-0.3, -0.25) is 0 Å². The predicted octanol–water partition coefficient (Wildman–Crippen LogP) is 1.94. The third-order valence-electron chi connectivity index (χ3n) is 3.75. The quantitative estimate of drug-likeness (QED) is 0.656. The molecule has 0 spiro atoms. The highest BCUT2D eigenvalue weighted by atomic mass is 16.5. The van der Waals surface area contributed by atoms with Crippen molar-refractivity contribution < 1.29 is 9.84 Å². The summed E-state index contributed by atoms with van der Waals surface area (Å²) in [6, 6.07) is 0.655. The Morgan fingerprint density at radius 3 is 2.69 bits per heavy atom. The van der Waals surface area contributed by atoms with Gasteiger partial charge in [-0.25, -0.2) is 0 Å². The van der Waals surface area contributed by atoms with Crippen LogP contribution in [0.4, 0.5) is 0 Å². The van der Waals surface area contributed by atoms with Crippen molar-refractivity contribution in [2.75, 3.05) is 13.2 Å². The molecule has 0 aromatic heterocycles. The first-order valence-electron chi connectivity index (χ1n) is 6.50. The number of nitrogens with one attached hydrogen (secondary N) is 1. The van der Waals surface area contributed by atoms with Crippen LogP contribution in [-0.2, 0) is 4.74 Å². The largest absolute Gasteiger partial charge is 0.395 e. The molecule has 3 nitrogen and oxygen atoms in total. The molecule has 1 fully saturated rings. The van der Waals surface area contributed by atoms with Gasteiger partial charge in [0.2, 0.25) is 0 Å². The van der Waals surface area contributed by atoms with Crippen LogP contribution in [0.2, 0.25) is 0 Å². The first-order chi connectivity index (χ1) is 7.52. The van der Waals surface area contributed by atoms with Crippen LogP contribution in [0.5, 0.6) is 0 Å². The summed E-state index contributed by atoms with van der Waals surface area (Å²) < 4.78 is 5.88. The van der Waals surface area contributed by atoms with Gasteiger partial charge < -0.3 is 15.2 Å². The van der Waals surface area contributed by atoms with Crippen LogP contribution in [0.1, 0.15) is 47.0 Å². The molecule has 0 heterocycles. The SMILES string of the molecule is CCCCOC1CC(N[C@@H](C)CO)C1(C)C. The highest BCUT2D eigenvalue weighted by molar-refractivity contribution is 5.03. The van der Waals surface area contributed by atoms with E-state index in [-0.39, 0.29) is 18.1 Å². The monoisotopic (exact) mass is 229 g/mol. The first-order valence-corrected chi connectivity index (χ1v) is 6.50. The van der Waals surface area contributed by atoms with Crippen LogP contribution in [0, 0.1) is 5.41 Å². The lowest BCUT2D eigenvalue weighted by atomic mass is 9.64. The number of hydrogen-bond acceptors (Lipinski definition) is 3. The van der Waals surface area contributed by atoms with Gasteiger partial charge >= 0.3 is 0 Å². The van der Waals surface area contributed by atoms with Gasteiger partial charge in [0.25, 0.3) is 0 Å². The minimum Gasteiger partial charge on any atom is -0.395 e. The topological polar surface area (TPSA) is 41.5 Å². The molecule has 96 valence electrons. The summed E-state index contributed by atoms with van der Waals surface area (Å²) >= 11 is 0. The minimum atomic E-state index is 0.181. The molecule has 1 saturated carbocycles. The van der Waals surface area contributed by atoms with Gasteiger partial charge in [0.1, 0.15) is 0 Å². The van der Waals surface area contributed by atoms with Gasteiger partial charge in [0.05, 0.1) is 12.7 Å². The molecule has 2 N–H and O–H groups in total. The molecule has 2 unspecified atom stereocenters. The van der Waals surface area contributed by atoms with Crippen molar-refractivity contribution in [1.82, 2.24) is 5.32 Å². The second kappa shape index (κ2) is 5.99. The molecular weight excluding hydrogens is 202 g/mol. The number of aliphatic hydroxyl groups excluding tert-OH is 1. The van der Waals surface area contributed by atoms with Gasteiger partial charge in [0.15, 0.2) is 0 Å². The average molecular weight is 229 g/mol. The third-order valence-corrected chi connectivity index (χ3v) is 3.75. The van der Waals surface area contributed by atoms with E-state index in [0.29, 0.717) is 12.1 Å². The number of rotatable bonds is 7. The van der Waals surface area contributed by atoms with E-state index in [1.165, 1.54) is 6.42 Å². The number of hydrogen-bond donors (Lipinski definition) is 2. The average Bonchev–Trinajstić information content (AvgIpc) is 2.26. The van der Waals surface area contributed by atoms with E-state index in [0.717, 1.165) is 19.4 Å². The van der Waals surface area contributed by atoms with Crippen molar-refractivity contribution in [1.29, 1.82) is 0 Å². The molecule has 0 aromatic rings. The maximum atomic E-state index is 9.02. The minimum absolute atomic E-state index is 0.181. The number of ether oxygens (including phenoxy) is 1. The predicted molar refractivity (Wildman–Crippen MR) is 66.5 cm³/mol. The van der Waals surface area contributed by atoms with Crippen LogP contribution < -0.4 is 5.32 Å². The van der Waals surface area contributed by atoms with E-state index >= 15 is 0 Å². The molecule has 0 saturated heterocycles. The lowest BCUT2D eigenvalue weighted by Crippen LogP contribution is -2.62. The van der Waals surface area contributed by atoms with Gasteiger partial charge in [-0.15, -0.1) is 0 Å². The van der Waals surface area contributed by atoms with Crippen molar-refractivity contribution in [3.8, 4) is 0 Å². The van der Waals surface area contributed by atoms with Crippen LogP contribution in [-0.4, -0.2) is 36.5 Å². The van der Waals surface area contributed by atoms with E-state index in [4.69, 9.17) is 9.84 Å². The van der Waals surface area contributed by atoms with E-state index in [9.17, 15) is 0 Å². The molecular formula is C13H27NO2. The highest BCUT2D eigenvalue weighted by Crippen LogP contribution is 2.43. The second-order valence-electron chi connectivity index (χ2n) is 5.57. The lowest BCUT2D eigenvalue weighted by molar-refractivity contribution is -0.120. The van der Waals surface area contributed by atoms with E-state index in [1.54, 1.807) is 0 Å². The zero-order chi connectivity index (χ0) is 12.2. The third kappa shape index (κ3) is 3.19. The molecule has 0 aromatic carbocycles. The fourth-order valence-electron chi connectivity index (χ4n) is 2.22. The molecule has 1 aliphatic rings. The summed E-state index contributed by atoms with van der Waals surface area (Å²) in [5.41, 5.74) is 0.192. The Morgan fingerprint density at radius 1 is 1.50 bits per heavy atom. The Bertz CT molecular complexity index is 206. The smallest absolute Gasteiger partial charge is 0.0655 e. The van der Waals surface area contributed by atoms with Gasteiger partial charge in [-0.05, 0) is 19.8 Å². The van der Waals surface area contributed by atoms with E-state index < -0.39 is 0 Å². The maximum Gasteiger partial charge on any atom is 0.0655 e. The standard InChI is InChI=1S/C13H27NO2/c1-5-6-7-16-12-8-11(13(12,3)4)14-10(2)9-15/h10-12,14-15H,5-9H2,1-4H3/t10-,11?,12?/m0/s1. The summed E-state index contributed by atoms with van der Waals surface area (Å²) in [5, 5.41) is 12.5. The van der Waals surface area contributed by atoms with Crippen LogP contribution in [0.15, 0.2) is 0 Å². The molecule has 3 atom stereocenters. The van der Waals surface area contributed by atoms with Crippen molar-refractivity contribution in [3.05, 3.63) is 0 Å². The molecule has 0 amide bonds. The molecule has 16 heavy (non-hydrogen) atoms. The van der Waals surface area contributed by atoms with Crippen LogP contribution in [0.25, 0.3) is 0 Å². The molecule has 0 aliphatic heterocycles. The van der Waals surface area contributed by atoms with Crippen molar-refractivity contribution >= 4 is 0 Å². The summed E-state index contributed by atoms with van der Waals surface area (Å²) in [5.74, 6) is 0. The molecule has 0 bridgehead atoms. The highest BCUT2D eigenvalue weighted by Gasteiger charge is 2.48. The fourth-order valence-corrected chi connectivity index (χ4v) is 2.22. The Hall–Kier alpha value is -0.120. The Labute approximate surface area is 99.6 Å². The summed E-state index contributed by atoms with van der Waals surface area (Å²) in [4.78, 5) is 0. The summed E-state index contributed by atoms with van der Waals surface area (Å²) in [7, 11) is 0. The van der Waals surface area contributed by atoms with Gasteiger partial charge in [-0.1, -0.05) is 27.2 Å². The molecule has 0 radical (unpaired) electrons. The zero-order valence-corrected chi connectivity index (χ0v) is 11.1. The van der Waals surface area contributed by atoms with Crippen LogP contribution in [0.3, 0.4) is 0 Å². The van der Waals surface area contributed by atoms with E-state index in [2.05, 4.69) is 26.1 Å². The molecule has 3 heteroatoms. The van der Waals surface area contributed by atoms with Crippen molar-refractivity contribution in [2.24, 2.45) is 5.41 Å². The number of unbranched alkanes of at least 4 members (excludes halogenated alkanes) is 1. The fraction of sp³-hybridized carbons (Fsp3) is 1.00.